The van der Waals surface area contributed by atoms with Gasteiger partial charge in [-0.1, -0.05) is 19.9 Å². The van der Waals surface area contributed by atoms with Crippen LogP contribution in [0.2, 0.25) is 0 Å². The summed E-state index contributed by atoms with van der Waals surface area (Å²) in [5.74, 6) is -2.56. The Hall–Kier alpha value is -3.64. The number of aliphatic hydroxyl groups is 1. The number of ether oxygens (including phenoxy) is 3. The minimum atomic E-state index is -1.35. The van der Waals surface area contributed by atoms with E-state index in [0.29, 0.717) is 30.9 Å². The van der Waals surface area contributed by atoms with Crippen molar-refractivity contribution in [1.29, 1.82) is 0 Å². The molecule has 12 nitrogen and oxygen atoms in total. The zero-order valence-corrected chi connectivity index (χ0v) is 23.9. The lowest BCUT2D eigenvalue weighted by molar-refractivity contribution is -0.169. The lowest BCUT2D eigenvalue weighted by Gasteiger charge is -2.61. The molecule has 222 valence electrons. The highest BCUT2D eigenvalue weighted by molar-refractivity contribution is 5.93. The number of carboxylic acids is 1. The molecule has 1 fully saturated rings. The smallest absolute Gasteiger partial charge is 0.326 e. The van der Waals surface area contributed by atoms with Gasteiger partial charge in [-0.3, -0.25) is 14.4 Å². The highest BCUT2D eigenvalue weighted by atomic mass is 16.6. The van der Waals surface area contributed by atoms with Gasteiger partial charge in [-0.2, -0.15) is 0 Å². The fourth-order valence-corrected chi connectivity index (χ4v) is 7.15. The number of hydrogen-bond donors (Lipinski definition) is 4. The third-order valence-electron chi connectivity index (χ3n) is 9.08. The van der Waals surface area contributed by atoms with Crippen molar-refractivity contribution in [2.45, 2.75) is 81.7 Å². The van der Waals surface area contributed by atoms with Crippen LogP contribution in [0, 0.1) is 5.92 Å². The number of piperidine rings is 1. The summed E-state index contributed by atoms with van der Waals surface area (Å²) >= 11 is 0. The Morgan fingerprint density at radius 2 is 1.95 bits per heavy atom. The van der Waals surface area contributed by atoms with Gasteiger partial charge >= 0.3 is 11.9 Å². The van der Waals surface area contributed by atoms with Gasteiger partial charge in [0, 0.05) is 24.9 Å². The normalized spacial score (nSPS) is 28.9. The van der Waals surface area contributed by atoms with Crippen LogP contribution in [0.1, 0.15) is 51.2 Å². The van der Waals surface area contributed by atoms with Crippen LogP contribution < -0.4 is 20.1 Å². The maximum absolute atomic E-state index is 13.2. The number of aliphatic carboxylic acids is 1. The molecule has 2 aliphatic carbocycles. The van der Waals surface area contributed by atoms with Gasteiger partial charge in [-0.25, -0.2) is 4.79 Å². The van der Waals surface area contributed by atoms with Crippen molar-refractivity contribution in [2.75, 3.05) is 20.7 Å². The highest BCUT2D eigenvalue weighted by Gasteiger charge is 2.72. The van der Waals surface area contributed by atoms with E-state index < -0.39 is 65.3 Å². The third-order valence-corrected chi connectivity index (χ3v) is 9.08. The topological polar surface area (TPSA) is 164 Å². The molecule has 2 bridgehead atoms. The molecule has 3 unspecified atom stereocenters. The molecule has 1 aromatic carbocycles. The molecule has 4 aliphatic rings. The third kappa shape index (κ3) is 4.44. The second-order valence-electron chi connectivity index (χ2n) is 11.8. The fourth-order valence-electron chi connectivity index (χ4n) is 7.15. The van der Waals surface area contributed by atoms with E-state index in [1.165, 1.54) is 6.92 Å². The molecule has 1 aromatic rings. The number of nitrogens with one attached hydrogen (secondary N) is 2. The van der Waals surface area contributed by atoms with E-state index in [2.05, 4.69) is 15.5 Å². The lowest BCUT2D eigenvalue weighted by atomic mass is 9.50. The van der Waals surface area contributed by atoms with Crippen molar-refractivity contribution in [2.24, 2.45) is 5.92 Å². The minimum Gasteiger partial charge on any atom is -0.493 e. The van der Waals surface area contributed by atoms with Gasteiger partial charge in [0.2, 0.25) is 11.8 Å². The Balaban J connectivity index is 1.43. The van der Waals surface area contributed by atoms with Gasteiger partial charge in [0.15, 0.2) is 17.6 Å². The van der Waals surface area contributed by atoms with Gasteiger partial charge in [0.05, 0.1) is 24.5 Å². The first-order chi connectivity index (χ1) is 19.3. The van der Waals surface area contributed by atoms with E-state index in [0.717, 1.165) is 11.1 Å². The molecule has 41 heavy (non-hydrogen) atoms. The molecule has 0 aromatic heterocycles. The zero-order valence-electron chi connectivity index (χ0n) is 23.9. The second kappa shape index (κ2) is 10.3. The maximum Gasteiger partial charge on any atom is 0.326 e. The van der Waals surface area contributed by atoms with Crippen LogP contribution in [0.25, 0.3) is 0 Å². The van der Waals surface area contributed by atoms with Crippen LogP contribution in [0.4, 0.5) is 0 Å². The lowest BCUT2D eigenvalue weighted by Crippen LogP contribution is -2.74. The number of amides is 2. The van der Waals surface area contributed by atoms with Crippen molar-refractivity contribution in [3.05, 3.63) is 35.1 Å². The van der Waals surface area contributed by atoms with Crippen LogP contribution in [0.5, 0.6) is 11.5 Å². The van der Waals surface area contributed by atoms with Gasteiger partial charge in [-0.15, -0.1) is 0 Å². The van der Waals surface area contributed by atoms with E-state index in [1.54, 1.807) is 27.0 Å². The quantitative estimate of drug-likeness (QED) is 0.309. The van der Waals surface area contributed by atoms with Crippen LogP contribution >= 0.6 is 0 Å². The van der Waals surface area contributed by atoms with Crippen LogP contribution in [-0.2, 0) is 35.8 Å². The zero-order chi connectivity index (χ0) is 29.9. The minimum absolute atomic E-state index is 0.168. The number of likely N-dealkylation sites (N-methyl/N-ethyl adjacent to an activating group) is 1. The summed E-state index contributed by atoms with van der Waals surface area (Å²) < 4.78 is 17.9. The Kier molecular flexibility index (Phi) is 7.27. The molecule has 2 amide bonds. The summed E-state index contributed by atoms with van der Waals surface area (Å²) in [5, 5.41) is 26.6. The first-order valence-corrected chi connectivity index (χ1v) is 13.8. The number of rotatable bonds is 9. The van der Waals surface area contributed by atoms with Crippen molar-refractivity contribution < 1.29 is 43.6 Å². The Morgan fingerprint density at radius 1 is 1.22 bits per heavy atom. The number of nitrogens with zero attached hydrogens (tertiary/aromatic N) is 1. The molecule has 0 radical (unpaired) electrons. The number of benzene rings is 1. The standard InChI is InChI=1S/C29H37N3O9/c1-14(2)23(27(36)37)31-26(35)17(30-15(3)33)13-21(34)40-19-8-9-29(38)20-12-16-6-7-18(39-5)24-22(16)28(29,25(19)41-24)10-11-32(20)4/h6-8,14,17,20,23,25,38H,9-13H2,1-5H3,(H,30,33)(H,31,35)(H,36,37)/t17?,20-,23?,25?,28+,29-/m1/s1. The van der Waals surface area contributed by atoms with E-state index in [1.807, 2.05) is 19.2 Å². The second-order valence-corrected chi connectivity index (χ2v) is 11.8. The van der Waals surface area contributed by atoms with Crippen molar-refractivity contribution in [3.8, 4) is 11.5 Å². The molecule has 0 saturated carbocycles. The summed E-state index contributed by atoms with van der Waals surface area (Å²) in [6.45, 7) is 5.17. The summed E-state index contributed by atoms with van der Waals surface area (Å²) in [7, 11) is 3.54. The van der Waals surface area contributed by atoms with Crippen molar-refractivity contribution in [1.82, 2.24) is 15.5 Å². The molecular weight excluding hydrogens is 534 g/mol. The number of likely N-dealkylation sites (tertiary alicyclic amines) is 1. The number of carbonyl (C=O) groups excluding carboxylic acids is 3. The molecule has 5 rings (SSSR count). The molecular formula is C29H37N3O9. The molecule has 6 atom stereocenters. The van der Waals surface area contributed by atoms with Crippen LogP contribution in [-0.4, -0.2) is 89.4 Å². The van der Waals surface area contributed by atoms with Crippen molar-refractivity contribution >= 4 is 23.8 Å². The SMILES string of the molecule is COc1ccc2c3c1OC1C(OC(=O)CC(NC(C)=O)C(=O)NC(C(=O)O)C(C)C)=CC[C@@]4(O)[C@@H](C2)N(C)CC[C@]314. The fraction of sp³-hybridized carbons (Fsp3) is 0.586. The average molecular weight is 572 g/mol. The number of carboxylic acid groups (broad SMARTS) is 1. The Morgan fingerprint density at radius 3 is 2.59 bits per heavy atom. The first kappa shape index (κ1) is 28.9. The van der Waals surface area contributed by atoms with Gasteiger partial charge < -0.3 is 40.0 Å². The molecule has 1 spiro atoms. The predicted octanol–water partition coefficient (Wildman–Crippen LogP) is 0.636. The molecule has 2 heterocycles. The number of esters is 1. The van der Waals surface area contributed by atoms with Gasteiger partial charge in [-0.05, 0) is 50.1 Å². The Bertz CT molecular complexity index is 1330. The first-order valence-electron chi connectivity index (χ1n) is 13.8. The van der Waals surface area contributed by atoms with E-state index in [4.69, 9.17) is 14.2 Å². The summed E-state index contributed by atoms with van der Waals surface area (Å²) in [5.41, 5.74) is -0.101. The Labute approximate surface area is 238 Å². The number of methoxy groups -OCH3 is 1. The summed E-state index contributed by atoms with van der Waals surface area (Å²) in [6, 6.07) is 1.12. The van der Waals surface area contributed by atoms with Crippen molar-refractivity contribution in [3.63, 3.8) is 0 Å². The molecule has 12 heteroatoms. The monoisotopic (exact) mass is 571 g/mol. The van der Waals surface area contributed by atoms with Gasteiger partial charge in [0.1, 0.15) is 17.8 Å². The summed E-state index contributed by atoms with van der Waals surface area (Å²) in [6.07, 6.45) is 1.75. The maximum atomic E-state index is 13.2. The predicted molar refractivity (Wildman–Crippen MR) is 144 cm³/mol. The van der Waals surface area contributed by atoms with Crippen LogP contribution in [0.15, 0.2) is 24.0 Å². The number of hydrogen-bond acceptors (Lipinski definition) is 9. The average Bonchev–Trinajstić information content (AvgIpc) is 3.25. The van der Waals surface area contributed by atoms with E-state index in [-0.39, 0.29) is 18.2 Å². The molecule has 2 aliphatic heterocycles. The largest absolute Gasteiger partial charge is 0.493 e. The van der Waals surface area contributed by atoms with Crippen LogP contribution in [0.3, 0.4) is 0 Å². The van der Waals surface area contributed by atoms with E-state index >= 15 is 0 Å². The summed E-state index contributed by atoms with van der Waals surface area (Å²) in [4.78, 5) is 51.8. The highest BCUT2D eigenvalue weighted by Crippen LogP contribution is 2.65. The molecule has 4 N–H and O–H groups in total. The number of carbonyl (C=O) groups is 4. The van der Waals surface area contributed by atoms with Gasteiger partial charge in [0.25, 0.3) is 0 Å². The van der Waals surface area contributed by atoms with E-state index in [9.17, 15) is 29.4 Å². The molecule has 1 saturated heterocycles.